The quantitative estimate of drug-likeness (QED) is 0.504. The van der Waals surface area contributed by atoms with Crippen LogP contribution >= 0.6 is 17.0 Å². The minimum Gasteiger partial charge on any atom is -0.478 e. The number of carbonyl (C=O) groups is 1. The Labute approximate surface area is 152 Å². The molecule has 1 aromatic carbocycles. The minimum atomic E-state index is -1.47. The highest BCUT2D eigenvalue weighted by molar-refractivity contribution is 8.93. The summed E-state index contributed by atoms with van der Waals surface area (Å²) in [5, 5.41) is 40.5. The molecule has 12 heteroatoms. The Hall–Kier alpha value is -2.31. The van der Waals surface area contributed by atoms with Crippen molar-refractivity contribution in [1.29, 1.82) is 0 Å². The van der Waals surface area contributed by atoms with Gasteiger partial charge in [0, 0.05) is 44.9 Å². The lowest BCUT2D eigenvalue weighted by Crippen LogP contribution is -2.47. The van der Waals surface area contributed by atoms with Crippen molar-refractivity contribution in [1.82, 2.24) is 4.90 Å². The number of hydrogen-bond donors (Lipinski definition) is 2. The van der Waals surface area contributed by atoms with Gasteiger partial charge in [0.25, 0.3) is 0 Å². The predicted molar refractivity (Wildman–Crippen MR) is 92.8 cm³/mol. The molecule has 0 spiro atoms. The van der Waals surface area contributed by atoms with Gasteiger partial charge < -0.3 is 15.1 Å². The van der Waals surface area contributed by atoms with Gasteiger partial charge in [0.15, 0.2) is 5.69 Å². The average Bonchev–Trinajstić information content (AvgIpc) is 2.54. The zero-order valence-electron chi connectivity index (χ0n) is 13.0. The van der Waals surface area contributed by atoms with Gasteiger partial charge in [-0.2, -0.15) is 0 Å². The first-order chi connectivity index (χ1) is 11.3. The van der Waals surface area contributed by atoms with Gasteiger partial charge in [-0.1, -0.05) is 0 Å². The number of halogens is 1. The molecule has 0 atom stereocenters. The van der Waals surface area contributed by atoms with Crippen LogP contribution in [0.3, 0.4) is 0 Å². The van der Waals surface area contributed by atoms with Crippen LogP contribution in [0.15, 0.2) is 12.1 Å². The zero-order chi connectivity index (χ0) is 17.9. The maximum absolute atomic E-state index is 11.3. The number of rotatable bonds is 6. The third-order valence-corrected chi connectivity index (χ3v) is 3.81. The third kappa shape index (κ3) is 4.61. The SMILES string of the molecule is Br.O=C(O)c1cc([N+](=O)[O-])c(N2CCN(CCO)CC2)c([N+](=O)[O-])c1. The fraction of sp³-hybridized carbons (Fsp3) is 0.462. The van der Waals surface area contributed by atoms with Crippen LogP contribution in [-0.4, -0.2) is 70.3 Å². The average molecular weight is 421 g/mol. The molecule has 1 aliphatic heterocycles. The molecule has 0 aliphatic carbocycles. The minimum absolute atomic E-state index is 0. The Morgan fingerprint density at radius 3 is 1.92 bits per heavy atom. The molecule has 1 heterocycles. The van der Waals surface area contributed by atoms with E-state index in [-0.39, 0.29) is 29.3 Å². The van der Waals surface area contributed by atoms with Crippen molar-refractivity contribution in [2.24, 2.45) is 0 Å². The molecule has 1 fully saturated rings. The van der Waals surface area contributed by atoms with Crippen LogP contribution < -0.4 is 4.90 Å². The van der Waals surface area contributed by atoms with E-state index in [0.717, 1.165) is 12.1 Å². The Morgan fingerprint density at radius 2 is 1.56 bits per heavy atom. The van der Waals surface area contributed by atoms with Crippen molar-refractivity contribution in [3.63, 3.8) is 0 Å². The van der Waals surface area contributed by atoms with Crippen molar-refractivity contribution in [2.45, 2.75) is 0 Å². The van der Waals surface area contributed by atoms with Gasteiger partial charge in [-0.3, -0.25) is 25.1 Å². The number of nitrogens with zero attached hydrogens (tertiary/aromatic N) is 4. The van der Waals surface area contributed by atoms with Crippen LogP contribution in [0.25, 0.3) is 0 Å². The van der Waals surface area contributed by atoms with Gasteiger partial charge in [-0.05, 0) is 0 Å². The molecule has 138 valence electrons. The number of aliphatic hydroxyl groups is 1. The van der Waals surface area contributed by atoms with Crippen molar-refractivity contribution in [3.05, 3.63) is 37.9 Å². The number of benzene rings is 1. The van der Waals surface area contributed by atoms with Crippen LogP contribution in [0.2, 0.25) is 0 Å². The second-order valence-electron chi connectivity index (χ2n) is 5.23. The van der Waals surface area contributed by atoms with Crippen LogP contribution in [-0.2, 0) is 0 Å². The standard InChI is InChI=1S/C13H16N4O7.BrH/c18-6-5-14-1-3-15(4-2-14)12-10(16(21)22)7-9(13(19)20)8-11(12)17(23)24;/h7-8,18H,1-6H2,(H,19,20);1H. The smallest absolute Gasteiger partial charge is 0.336 e. The molecule has 11 nitrogen and oxygen atoms in total. The Bertz CT molecular complexity index is 641. The van der Waals surface area contributed by atoms with E-state index in [4.69, 9.17) is 10.2 Å². The molecule has 0 amide bonds. The van der Waals surface area contributed by atoms with Gasteiger partial charge in [0.05, 0.1) is 22.0 Å². The molecule has 0 unspecified atom stereocenters. The number of anilines is 1. The highest BCUT2D eigenvalue weighted by atomic mass is 79.9. The number of hydrogen-bond acceptors (Lipinski definition) is 8. The van der Waals surface area contributed by atoms with E-state index in [1.165, 1.54) is 4.90 Å². The highest BCUT2D eigenvalue weighted by Gasteiger charge is 2.33. The second-order valence-corrected chi connectivity index (χ2v) is 5.23. The van der Waals surface area contributed by atoms with Gasteiger partial charge >= 0.3 is 17.3 Å². The molecule has 0 radical (unpaired) electrons. The maximum Gasteiger partial charge on any atom is 0.336 e. The highest BCUT2D eigenvalue weighted by Crippen LogP contribution is 2.39. The second kappa shape index (κ2) is 8.69. The number of aromatic carboxylic acids is 1. The summed E-state index contributed by atoms with van der Waals surface area (Å²) in [5.74, 6) is -1.47. The van der Waals surface area contributed by atoms with E-state index in [1.807, 2.05) is 4.90 Å². The van der Waals surface area contributed by atoms with Crippen LogP contribution in [0.5, 0.6) is 0 Å². The predicted octanol–water partition coefficient (Wildman–Crippen LogP) is 0.893. The summed E-state index contributed by atoms with van der Waals surface area (Å²) >= 11 is 0. The first-order valence-electron chi connectivity index (χ1n) is 7.13. The van der Waals surface area contributed by atoms with Crippen molar-refractivity contribution in [3.8, 4) is 0 Å². The largest absolute Gasteiger partial charge is 0.478 e. The van der Waals surface area contributed by atoms with E-state index >= 15 is 0 Å². The van der Waals surface area contributed by atoms with E-state index in [0.29, 0.717) is 32.7 Å². The van der Waals surface area contributed by atoms with E-state index in [9.17, 15) is 25.0 Å². The number of carboxylic acid groups (broad SMARTS) is 1. The summed E-state index contributed by atoms with van der Waals surface area (Å²) in [6, 6.07) is 1.68. The molecule has 1 aromatic rings. The Morgan fingerprint density at radius 1 is 1.08 bits per heavy atom. The van der Waals surface area contributed by atoms with Crippen LogP contribution in [0, 0.1) is 20.2 Å². The molecule has 1 aliphatic rings. The van der Waals surface area contributed by atoms with Gasteiger partial charge in [-0.25, -0.2) is 4.79 Å². The summed E-state index contributed by atoms with van der Waals surface area (Å²) in [6.07, 6.45) is 0. The maximum atomic E-state index is 11.3. The number of piperazine rings is 1. The summed E-state index contributed by atoms with van der Waals surface area (Å²) in [6.45, 7) is 2.00. The zero-order valence-corrected chi connectivity index (χ0v) is 14.7. The van der Waals surface area contributed by atoms with Crippen molar-refractivity contribution in [2.75, 3.05) is 44.2 Å². The molecule has 1 saturated heterocycles. The molecule has 25 heavy (non-hydrogen) atoms. The molecule has 2 rings (SSSR count). The summed E-state index contributed by atoms with van der Waals surface area (Å²) in [5.41, 5.74) is -1.89. The molecule has 0 saturated carbocycles. The Kier molecular flexibility index (Phi) is 7.21. The summed E-state index contributed by atoms with van der Waals surface area (Å²) < 4.78 is 0. The van der Waals surface area contributed by atoms with Crippen molar-refractivity contribution >= 4 is 40.0 Å². The van der Waals surface area contributed by atoms with E-state index in [1.54, 1.807) is 0 Å². The number of nitro groups is 2. The monoisotopic (exact) mass is 420 g/mol. The van der Waals surface area contributed by atoms with E-state index < -0.39 is 32.8 Å². The van der Waals surface area contributed by atoms with Gasteiger partial charge in [-0.15, -0.1) is 17.0 Å². The van der Waals surface area contributed by atoms with Crippen molar-refractivity contribution < 1.29 is 24.9 Å². The van der Waals surface area contributed by atoms with Crippen LogP contribution in [0.4, 0.5) is 17.1 Å². The fourth-order valence-corrected chi connectivity index (χ4v) is 2.67. The number of β-amino-alcohol motifs (C(OH)–C–C–N with tert-alkyl or cyclic N) is 1. The lowest BCUT2D eigenvalue weighted by Gasteiger charge is -2.35. The lowest BCUT2D eigenvalue weighted by molar-refractivity contribution is -0.392. The van der Waals surface area contributed by atoms with Gasteiger partial charge in [0.1, 0.15) is 0 Å². The normalized spacial score (nSPS) is 14.7. The first-order valence-corrected chi connectivity index (χ1v) is 7.13. The topological polar surface area (TPSA) is 150 Å². The lowest BCUT2D eigenvalue weighted by atomic mass is 10.1. The number of carboxylic acids is 1. The number of aliphatic hydroxyl groups excluding tert-OH is 1. The molecule has 0 bridgehead atoms. The van der Waals surface area contributed by atoms with Gasteiger partial charge in [0.2, 0.25) is 0 Å². The Balaban J connectivity index is 0.00000312. The molecule has 2 N–H and O–H groups in total. The summed E-state index contributed by atoms with van der Waals surface area (Å²) in [4.78, 5) is 35.5. The molecule has 0 aromatic heterocycles. The van der Waals surface area contributed by atoms with E-state index in [2.05, 4.69) is 0 Å². The third-order valence-electron chi connectivity index (χ3n) is 3.81. The fourth-order valence-electron chi connectivity index (χ4n) is 2.67. The first kappa shape index (κ1) is 20.7. The number of nitro benzene ring substituents is 2. The summed E-state index contributed by atoms with van der Waals surface area (Å²) in [7, 11) is 0. The molecular formula is C13H17BrN4O7. The molecular weight excluding hydrogens is 404 g/mol. The van der Waals surface area contributed by atoms with Crippen LogP contribution in [0.1, 0.15) is 10.4 Å².